The fraction of sp³-hybridized carbons (Fsp3) is 0.200. The topological polar surface area (TPSA) is 68.1 Å². The quantitative estimate of drug-likeness (QED) is 0.698. The number of azo groups is 1. The number of hydrogen-bond donors (Lipinski definition) is 0. The van der Waals surface area contributed by atoms with Crippen molar-refractivity contribution in [3.63, 3.8) is 0 Å². The first-order valence-electron chi connectivity index (χ1n) is 4.42. The van der Waals surface area contributed by atoms with E-state index < -0.39 is 12.0 Å². The SMILES string of the molecule is CCOC(=O)N=NC(=O)c1ccccc1. The summed E-state index contributed by atoms with van der Waals surface area (Å²) in [7, 11) is 0. The van der Waals surface area contributed by atoms with Gasteiger partial charge in [-0.25, -0.2) is 4.79 Å². The maximum atomic E-state index is 11.3. The van der Waals surface area contributed by atoms with Gasteiger partial charge in [0.05, 0.1) is 6.61 Å². The maximum Gasteiger partial charge on any atom is 0.452 e. The first kappa shape index (κ1) is 11.0. The molecule has 0 heterocycles. The molecule has 0 radical (unpaired) electrons. The molecule has 1 aromatic rings. The van der Waals surface area contributed by atoms with Gasteiger partial charge in [0, 0.05) is 5.56 Å². The number of amides is 2. The van der Waals surface area contributed by atoms with Crippen LogP contribution in [0.15, 0.2) is 40.6 Å². The van der Waals surface area contributed by atoms with Crippen LogP contribution in [0.3, 0.4) is 0 Å². The van der Waals surface area contributed by atoms with E-state index in [1.54, 1.807) is 37.3 Å². The second-order valence-electron chi connectivity index (χ2n) is 2.57. The molecular formula is C10H10N2O3. The third-order valence-corrected chi connectivity index (χ3v) is 1.51. The summed E-state index contributed by atoms with van der Waals surface area (Å²) in [5.41, 5.74) is 0.380. The summed E-state index contributed by atoms with van der Waals surface area (Å²) in [6.45, 7) is 1.85. The van der Waals surface area contributed by atoms with Gasteiger partial charge in [0.15, 0.2) is 0 Å². The highest BCUT2D eigenvalue weighted by Gasteiger charge is 2.04. The molecule has 5 heteroatoms. The van der Waals surface area contributed by atoms with Gasteiger partial charge in [-0.3, -0.25) is 4.79 Å². The molecule has 0 aromatic heterocycles. The number of rotatable bonds is 2. The van der Waals surface area contributed by atoms with Gasteiger partial charge < -0.3 is 4.74 Å². The molecule has 15 heavy (non-hydrogen) atoms. The third kappa shape index (κ3) is 3.68. The lowest BCUT2D eigenvalue weighted by Gasteiger charge is -1.93. The lowest BCUT2D eigenvalue weighted by atomic mass is 10.2. The van der Waals surface area contributed by atoms with Crippen LogP contribution in [0.2, 0.25) is 0 Å². The summed E-state index contributed by atoms with van der Waals surface area (Å²) >= 11 is 0. The first-order chi connectivity index (χ1) is 7.24. The van der Waals surface area contributed by atoms with Gasteiger partial charge in [0.25, 0.3) is 5.91 Å². The number of benzene rings is 1. The average Bonchev–Trinajstić information content (AvgIpc) is 2.27. The molecule has 0 aliphatic heterocycles. The van der Waals surface area contributed by atoms with E-state index in [-0.39, 0.29) is 6.61 Å². The van der Waals surface area contributed by atoms with Crippen LogP contribution in [0.25, 0.3) is 0 Å². The van der Waals surface area contributed by atoms with E-state index in [1.807, 2.05) is 0 Å². The highest BCUT2D eigenvalue weighted by molar-refractivity contribution is 5.95. The number of carbonyl (C=O) groups excluding carboxylic acids is 2. The van der Waals surface area contributed by atoms with Crippen molar-refractivity contribution >= 4 is 12.0 Å². The molecular weight excluding hydrogens is 196 g/mol. The normalized spacial score (nSPS) is 10.2. The van der Waals surface area contributed by atoms with Crippen LogP contribution in [0.1, 0.15) is 17.3 Å². The van der Waals surface area contributed by atoms with Crippen molar-refractivity contribution in [2.75, 3.05) is 6.61 Å². The van der Waals surface area contributed by atoms with Crippen LogP contribution in [-0.2, 0) is 4.74 Å². The third-order valence-electron chi connectivity index (χ3n) is 1.51. The Labute approximate surface area is 86.8 Å². The second kappa shape index (κ2) is 5.64. The van der Waals surface area contributed by atoms with E-state index in [1.165, 1.54) is 0 Å². The van der Waals surface area contributed by atoms with Gasteiger partial charge in [-0.05, 0) is 19.1 Å². The zero-order valence-electron chi connectivity index (χ0n) is 8.21. The van der Waals surface area contributed by atoms with Crippen LogP contribution in [0.4, 0.5) is 4.79 Å². The molecule has 0 aliphatic rings. The Hall–Kier alpha value is -2.04. The van der Waals surface area contributed by atoms with Gasteiger partial charge in [-0.15, -0.1) is 0 Å². The number of ether oxygens (including phenoxy) is 1. The fourth-order valence-electron chi connectivity index (χ4n) is 0.877. The number of carbonyl (C=O) groups is 2. The van der Waals surface area contributed by atoms with Crippen molar-refractivity contribution in [3.05, 3.63) is 35.9 Å². The Bertz CT molecular complexity index is 374. The number of nitrogens with zero attached hydrogens (tertiary/aromatic N) is 2. The van der Waals surface area contributed by atoms with Gasteiger partial charge in [0.1, 0.15) is 0 Å². The summed E-state index contributed by atoms with van der Waals surface area (Å²) < 4.78 is 4.48. The minimum atomic E-state index is -0.859. The van der Waals surface area contributed by atoms with E-state index in [4.69, 9.17) is 0 Å². The summed E-state index contributed by atoms with van der Waals surface area (Å²) in [5.74, 6) is -0.566. The maximum absolute atomic E-state index is 11.3. The zero-order valence-corrected chi connectivity index (χ0v) is 8.21. The van der Waals surface area contributed by atoms with Crippen LogP contribution in [0.5, 0.6) is 0 Å². The lowest BCUT2D eigenvalue weighted by Crippen LogP contribution is -1.99. The van der Waals surface area contributed by atoms with Crippen molar-refractivity contribution < 1.29 is 14.3 Å². The molecule has 0 atom stereocenters. The predicted molar refractivity (Wildman–Crippen MR) is 52.7 cm³/mol. The van der Waals surface area contributed by atoms with E-state index >= 15 is 0 Å². The Morgan fingerprint density at radius 2 is 1.87 bits per heavy atom. The van der Waals surface area contributed by atoms with Gasteiger partial charge in [0.2, 0.25) is 0 Å². The summed E-state index contributed by atoms with van der Waals surface area (Å²) in [5, 5.41) is 6.33. The molecule has 0 N–H and O–H groups in total. The van der Waals surface area contributed by atoms with E-state index in [0.717, 1.165) is 0 Å². The molecule has 1 rings (SSSR count). The molecule has 0 saturated heterocycles. The summed E-state index contributed by atoms with van der Waals surface area (Å²) in [6, 6.07) is 8.36. The zero-order chi connectivity index (χ0) is 11.1. The minimum absolute atomic E-state index is 0.206. The Morgan fingerprint density at radius 3 is 2.47 bits per heavy atom. The predicted octanol–water partition coefficient (Wildman–Crippen LogP) is 2.44. The first-order valence-corrected chi connectivity index (χ1v) is 4.42. The highest BCUT2D eigenvalue weighted by atomic mass is 16.5. The van der Waals surface area contributed by atoms with Gasteiger partial charge >= 0.3 is 6.09 Å². The van der Waals surface area contributed by atoms with Crippen molar-refractivity contribution in [2.24, 2.45) is 10.2 Å². The molecule has 2 amide bonds. The van der Waals surface area contributed by atoms with E-state index in [0.29, 0.717) is 5.56 Å². The number of hydrogen-bond acceptors (Lipinski definition) is 3. The summed E-state index contributed by atoms with van der Waals surface area (Å²) in [6.07, 6.45) is -0.859. The Balaban J connectivity index is 2.60. The monoisotopic (exact) mass is 206 g/mol. The molecule has 0 saturated carbocycles. The molecule has 0 spiro atoms. The average molecular weight is 206 g/mol. The largest absolute Gasteiger partial charge is 0.452 e. The standard InChI is InChI=1S/C10H10N2O3/c1-2-15-10(14)12-11-9(13)8-6-4-3-5-7-8/h3-7H,2H2,1H3. The summed E-state index contributed by atoms with van der Waals surface area (Å²) in [4.78, 5) is 22.0. The molecule has 0 unspecified atom stereocenters. The molecule has 0 fully saturated rings. The van der Waals surface area contributed by atoms with Crippen molar-refractivity contribution in [1.82, 2.24) is 0 Å². The van der Waals surface area contributed by atoms with Crippen LogP contribution in [-0.4, -0.2) is 18.6 Å². The van der Waals surface area contributed by atoms with Crippen molar-refractivity contribution in [2.45, 2.75) is 6.92 Å². The van der Waals surface area contributed by atoms with Crippen LogP contribution < -0.4 is 0 Å². The minimum Gasteiger partial charge on any atom is -0.447 e. The molecule has 78 valence electrons. The lowest BCUT2D eigenvalue weighted by molar-refractivity contribution is 0.0988. The van der Waals surface area contributed by atoms with E-state index in [2.05, 4.69) is 15.0 Å². The fourth-order valence-corrected chi connectivity index (χ4v) is 0.877. The molecule has 0 aliphatic carbocycles. The van der Waals surface area contributed by atoms with Crippen LogP contribution >= 0.6 is 0 Å². The van der Waals surface area contributed by atoms with Gasteiger partial charge in [-0.2, -0.15) is 0 Å². The second-order valence-corrected chi connectivity index (χ2v) is 2.57. The molecule has 0 bridgehead atoms. The smallest absolute Gasteiger partial charge is 0.447 e. The van der Waals surface area contributed by atoms with E-state index in [9.17, 15) is 9.59 Å². The molecule has 1 aromatic carbocycles. The van der Waals surface area contributed by atoms with Gasteiger partial charge in [-0.1, -0.05) is 28.4 Å². The van der Waals surface area contributed by atoms with Crippen molar-refractivity contribution in [1.29, 1.82) is 0 Å². The van der Waals surface area contributed by atoms with Crippen LogP contribution in [0, 0.1) is 0 Å². The van der Waals surface area contributed by atoms with Crippen molar-refractivity contribution in [3.8, 4) is 0 Å². The molecule has 5 nitrogen and oxygen atoms in total. The Kier molecular flexibility index (Phi) is 4.15. The highest BCUT2D eigenvalue weighted by Crippen LogP contribution is 2.01. The Morgan fingerprint density at radius 1 is 1.20 bits per heavy atom.